The molecule has 5 rings (SSSR count). The number of hydrogen-bond donors (Lipinski definition) is 0. The summed E-state index contributed by atoms with van der Waals surface area (Å²) in [5, 5.41) is 18.0. The molecule has 2 aliphatic rings. The Morgan fingerprint density at radius 1 is 1.10 bits per heavy atom. The van der Waals surface area contributed by atoms with Crippen molar-refractivity contribution in [2.24, 2.45) is 10.2 Å². The van der Waals surface area contributed by atoms with E-state index in [9.17, 15) is 4.79 Å². The van der Waals surface area contributed by atoms with Gasteiger partial charge in [0.1, 0.15) is 22.7 Å². The van der Waals surface area contributed by atoms with Crippen LogP contribution in [0.1, 0.15) is 16.6 Å². The van der Waals surface area contributed by atoms with Crippen LogP contribution in [0.3, 0.4) is 0 Å². The molecule has 10 heteroatoms. The molecule has 1 amide bonds. The predicted octanol–water partition coefficient (Wildman–Crippen LogP) is 4.95. The van der Waals surface area contributed by atoms with E-state index in [1.165, 1.54) is 11.3 Å². The Labute approximate surface area is 180 Å². The highest BCUT2D eigenvalue weighted by Crippen LogP contribution is 2.45. The fraction of sp³-hybridized carbons (Fsp3) is 0.211. The standard InChI is InChI=1S/C19H14Cl2N6OS/c20-12-6-2-1-5-11(12)17-16(21)18(28)27(17)19-25-24-15(29-19)9-26-10-22-23-13-7-3-4-8-14(13)26/h1-8,16-17H,9-10H2. The first-order valence-corrected chi connectivity index (χ1v) is 10.5. The lowest BCUT2D eigenvalue weighted by Gasteiger charge is -2.42. The molecule has 0 N–H and O–H groups in total. The highest BCUT2D eigenvalue weighted by molar-refractivity contribution is 7.15. The summed E-state index contributed by atoms with van der Waals surface area (Å²) >= 11 is 14.0. The predicted molar refractivity (Wildman–Crippen MR) is 113 cm³/mol. The molecule has 3 heterocycles. The number of azo groups is 1. The third-order valence-corrected chi connectivity index (χ3v) is 6.55. The van der Waals surface area contributed by atoms with Gasteiger partial charge in [-0.05, 0) is 23.8 Å². The van der Waals surface area contributed by atoms with Gasteiger partial charge in [-0.1, -0.05) is 53.3 Å². The van der Waals surface area contributed by atoms with Crippen LogP contribution in [0.2, 0.25) is 5.02 Å². The third kappa shape index (κ3) is 3.17. The molecule has 7 nitrogen and oxygen atoms in total. The Hall–Kier alpha value is -2.55. The van der Waals surface area contributed by atoms with Crippen molar-refractivity contribution < 1.29 is 4.79 Å². The van der Waals surface area contributed by atoms with E-state index in [-0.39, 0.29) is 11.9 Å². The number of para-hydroxylation sites is 1. The Kier molecular flexibility index (Phi) is 4.69. The van der Waals surface area contributed by atoms with Crippen molar-refractivity contribution in [1.29, 1.82) is 0 Å². The van der Waals surface area contributed by atoms with Crippen molar-refractivity contribution in [3.8, 4) is 0 Å². The molecule has 0 aliphatic carbocycles. The maximum Gasteiger partial charge on any atom is 0.250 e. The molecule has 1 aromatic heterocycles. The third-order valence-electron chi connectivity index (χ3n) is 4.88. The second-order valence-electron chi connectivity index (χ2n) is 6.62. The fourth-order valence-corrected chi connectivity index (χ4v) is 4.96. The Morgan fingerprint density at radius 3 is 2.76 bits per heavy atom. The number of amides is 1. The number of aromatic nitrogens is 2. The second-order valence-corrected chi connectivity index (χ2v) is 8.54. The van der Waals surface area contributed by atoms with Gasteiger partial charge in [0.25, 0.3) is 0 Å². The summed E-state index contributed by atoms with van der Waals surface area (Å²) in [7, 11) is 0. The summed E-state index contributed by atoms with van der Waals surface area (Å²) in [6, 6.07) is 14.8. The summed E-state index contributed by atoms with van der Waals surface area (Å²) < 4.78 is 0. The van der Waals surface area contributed by atoms with Gasteiger partial charge in [0.15, 0.2) is 0 Å². The van der Waals surface area contributed by atoms with Gasteiger partial charge in [-0.2, -0.15) is 10.2 Å². The molecule has 3 aromatic rings. The van der Waals surface area contributed by atoms with E-state index in [0.717, 1.165) is 21.9 Å². The normalized spacial score (nSPS) is 20.6. The van der Waals surface area contributed by atoms with Crippen LogP contribution in [0.5, 0.6) is 0 Å². The van der Waals surface area contributed by atoms with Crippen molar-refractivity contribution in [2.45, 2.75) is 18.0 Å². The zero-order chi connectivity index (χ0) is 20.0. The summed E-state index contributed by atoms with van der Waals surface area (Å²) in [6.45, 7) is 0.970. The first-order chi connectivity index (χ1) is 14.1. The topological polar surface area (TPSA) is 74.1 Å². The maximum atomic E-state index is 12.5. The summed E-state index contributed by atoms with van der Waals surface area (Å²) in [5.41, 5.74) is 2.62. The summed E-state index contributed by atoms with van der Waals surface area (Å²) in [5.74, 6) is -0.198. The zero-order valence-electron chi connectivity index (χ0n) is 14.9. The lowest BCUT2D eigenvalue weighted by Crippen LogP contribution is -2.56. The highest BCUT2D eigenvalue weighted by Gasteiger charge is 2.50. The number of carbonyl (C=O) groups excluding carboxylic acids is 1. The fourth-order valence-electron chi connectivity index (χ4n) is 3.46. The van der Waals surface area contributed by atoms with Crippen LogP contribution in [0, 0.1) is 0 Å². The van der Waals surface area contributed by atoms with Gasteiger partial charge in [-0.25, -0.2) is 0 Å². The van der Waals surface area contributed by atoms with Crippen molar-refractivity contribution in [2.75, 3.05) is 16.5 Å². The van der Waals surface area contributed by atoms with E-state index in [2.05, 4.69) is 25.3 Å². The van der Waals surface area contributed by atoms with Crippen LogP contribution in [-0.4, -0.2) is 28.2 Å². The highest BCUT2D eigenvalue weighted by atomic mass is 35.5. The van der Waals surface area contributed by atoms with Crippen LogP contribution in [0.4, 0.5) is 16.5 Å². The maximum absolute atomic E-state index is 12.5. The Balaban J connectivity index is 1.39. The molecule has 0 radical (unpaired) electrons. The monoisotopic (exact) mass is 444 g/mol. The second kappa shape index (κ2) is 7.37. The number of rotatable bonds is 4. The van der Waals surface area contributed by atoms with Gasteiger partial charge in [-0.3, -0.25) is 9.69 Å². The van der Waals surface area contributed by atoms with E-state index in [1.807, 2.05) is 42.5 Å². The minimum Gasteiger partial charge on any atom is -0.342 e. The molecule has 29 heavy (non-hydrogen) atoms. The van der Waals surface area contributed by atoms with E-state index in [4.69, 9.17) is 23.2 Å². The van der Waals surface area contributed by atoms with Crippen LogP contribution in [0.15, 0.2) is 58.8 Å². The van der Waals surface area contributed by atoms with Gasteiger partial charge in [0.2, 0.25) is 11.0 Å². The van der Waals surface area contributed by atoms with Crippen LogP contribution in [-0.2, 0) is 11.3 Å². The van der Waals surface area contributed by atoms with Gasteiger partial charge in [0.05, 0.1) is 18.3 Å². The number of halogens is 2. The van der Waals surface area contributed by atoms with Crippen molar-refractivity contribution in [1.82, 2.24) is 10.2 Å². The molecule has 2 aromatic carbocycles. The molecule has 0 bridgehead atoms. The van der Waals surface area contributed by atoms with E-state index >= 15 is 0 Å². The number of β-lactam (4-membered cyclic amide) rings is 1. The van der Waals surface area contributed by atoms with Gasteiger partial charge < -0.3 is 4.90 Å². The molecule has 1 saturated heterocycles. The smallest absolute Gasteiger partial charge is 0.250 e. The number of carbonyl (C=O) groups is 1. The minimum atomic E-state index is -0.670. The van der Waals surface area contributed by atoms with E-state index in [0.29, 0.717) is 23.4 Å². The molecule has 2 aliphatic heterocycles. The molecule has 0 saturated carbocycles. The van der Waals surface area contributed by atoms with Gasteiger partial charge >= 0.3 is 0 Å². The summed E-state index contributed by atoms with van der Waals surface area (Å²) in [6.07, 6.45) is 0. The SMILES string of the molecule is O=C1C(Cl)C(c2ccccc2Cl)N1c1nnc(CN2CN=Nc3ccccc32)s1. The number of hydrogen-bond acceptors (Lipinski definition) is 7. The van der Waals surface area contributed by atoms with Crippen molar-refractivity contribution >= 4 is 57.0 Å². The molecule has 2 unspecified atom stereocenters. The number of anilines is 2. The van der Waals surface area contributed by atoms with Gasteiger partial charge in [-0.15, -0.1) is 21.8 Å². The molecular weight excluding hydrogens is 431 g/mol. The Bertz CT molecular complexity index is 1120. The molecule has 1 fully saturated rings. The lowest BCUT2D eigenvalue weighted by atomic mass is 9.94. The average Bonchev–Trinajstić information content (AvgIpc) is 3.20. The number of nitrogens with zero attached hydrogens (tertiary/aromatic N) is 6. The quantitative estimate of drug-likeness (QED) is 0.421. The van der Waals surface area contributed by atoms with Gasteiger partial charge in [0, 0.05) is 5.02 Å². The average molecular weight is 445 g/mol. The minimum absolute atomic E-state index is 0.198. The molecular formula is C19H14Cl2N6OS. The first-order valence-electron chi connectivity index (χ1n) is 8.89. The first kappa shape index (κ1) is 18.5. The number of benzene rings is 2. The van der Waals surface area contributed by atoms with Crippen molar-refractivity contribution in [3.05, 3.63) is 64.1 Å². The van der Waals surface area contributed by atoms with Crippen LogP contribution >= 0.6 is 34.5 Å². The number of fused-ring (bicyclic) bond motifs is 1. The van der Waals surface area contributed by atoms with E-state index in [1.54, 1.807) is 11.0 Å². The van der Waals surface area contributed by atoms with Crippen LogP contribution in [0.25, 0.3) is 0 Å². The lowest BCUT2D eigenvalue weighted by molar-refractivity contribution is -0.123. The number of alkyl halides is 1. The largest absolute Gasteiger partial charge is 0.342 e. The molecule has 0 spiro atoms. The van der Waals surface area contributed by atoms with Crippen molar-refractivity contribution in [3.63, 3.8) is 0 Å². The van der Waals surface area contributed by atoms with E-state index < -0.39 is 5.38 Å². The summed E-state index contributed by atoms with van der Waals surface area (Å²) in [4.78, 5) is 16.1. The Morgan fingerprint density at radius 2 is 1.90 bits per heavy atom. The molecule has 2 atom stereocenters. The zero-order valence-corrected chi connectivity index (χ0v) is 17.3. The molecule has 146 valence electrons. The van der Waals surface area contributed by atoms with Crippen LogP contribution < -0.4 is 9.80 Å².